The average Bonchev–Trinajstić information content (AvgIpc) is 2.75. The normalized spacial score (nSPS) is 14.8. The van der Waals surface area contributed by atoms with E-state index < -0.39 is 12.1 Å². The number of amides is 1. The number of benzene rings is 2. The zero-order valence-electron chi connectivity index (χ0n) is 16.7. The molecule has 7 heteroatoms. The van der Waals surface area contributed by atoms with Gasteiger partial charge >= 0.3 is 5.97 Å². The summed E-state index contributed by atoms with van der Waals surface area (Å²) in [5.41, 5.74) is 2.10. The molecule has 1 aliphatic rings. The van der Waals surface area contributed by atoms with Gasteiger partial charge in [-0.3, -0.25) is 4.79 Å². The Morgan fingerprint density at radius 2 is 1.72 bits per heavy atom. The van der Waals surface area contributed by atoms with Crippen LogP contribution in [-0.4, -0.2) is 50.9 Å². The van der Waals surface area contributed by atoms with Crippen LogP contribution in [0.3, 0.4) is 0 Å². The Bertz CT molecular complexity index is 814. The molecule has 0 spiro atoms. The number of morpholine rings is 1. The number of hydrogen-bond donors (Lipinski definition) is 1. The molecule has 1 unspecified atom stereocenters. The van der Waals surface area contributed by atoms with Crippen LogP contribution < -0.4 is 15.0 Å². The molecule has 1 amide bonds. The van der Waals surface area contributed by atoms with Crippen molar-refractivity contribution in [2.45, 2.75) is 20.0 Å². The molecule has 0 saturated carbocycles. The summed E-state index contributed by atoms with van der Waals surface area (Å²) in [5.74, 6) is -0.267. The van der Waals surface area contributed by atoms with Crippen LogP contribution in [0.5, 0.6) is 5.75 Å². The summed E-state index contributed by atoms with van der Waals surface area (Å²) < 4.78 is 16.0. The Balaban J connectivity index is 1.52. The first-order valence-corrected chi connectivity index (χ1v) is 9.74. The molecule has 1 fully saturated rings. The predicted molar refractivity (Wildman–Crippen MR) is 111 cm³/mol. The van der Waals surface area contributed by atoms with Crippen LogP contribution in [0, 0.1) is 0 Å². The highest BCUT2D eigenvalue weighted by molar-refractivity contribution is 5.97. The summed E-state index contributed by atoms with van der Waals surface area (Å²) in [7, 11) is 0. The van der Waals surface area contributed by atoms with Gasteiger partial charge in [-0.1, -0.05) is 0 Å². The van der Waals surface area contributed by atoms with Crippen molar-refractivity contribution in [1.82, 2.24) is 0 Å². The van der Waals surface area contributed by atoms with Crippen molar-refractivity contribution in [2.24, 2.45) is 0 Å². The number of hydrogen-bond acceptors (Lipinski definition) is 6. The lowest BCUT2D eigenvalue weighted by molar-refractivity contribution is -0.123. The fraction of sp³-hybridized carbons (Fsp3) is 0.364. The van der Waals surface area contributed by atoms with Gasteiger partial charge in [-0.05, 0) is 62.4 Å². The molecule has 2 aromatic rings. The molecule has 0 aliphatic carbocycles. The maximum absolute atomic E-state index is 12.4. The van der Waals surface area contributed by atoms with Gasteiger partial charge in [-0.15, -0.1) is 0 Å². The van der Waals surface area contributed by atoms with E-state index in [1.165, 1.54) is 0 Å². The van der Waals surface area contributed by atoms with Crippen LogP contribution in [0.4, 0.5) is 11.4 Å². The average molecular weight is 398 g/mol. The van der Waals surface area contributed by atoms with Gasteiger partial charge in [0.2, 0.25) is 0 Å². The third-order valence-electron chi connectivity index (χ3n) is 4.57. The molecule has 0 radical (unpaired) electrons. The molecule has 2 aromatic carbocycles. The molecule has 0 aromatic heterocycles. The smallest absolute Gasteiger partial charge is 0.338 e. The van der Waals surface area contributed by atoms with Crippen LogP contribution >= 0.6 is 0 Å². The number of esters is 1. The number of anilines is 2. The Kier molecular flexibility index (Phi) is 7.08. The first-order valence-electron chi connectivity index (χ1n) is 9.74. The van der Waals surface area contributed by atoms with Crippen LogP contribution in [-0.2, 0) is 14.3 Å². The second kappa shape index (κ2) is 9.93. The Hall–Kier alpha value is -3.06. The predicted octanol–water partition coefficient (Wildman–Crippen LogP) is 3.11. The largest absolute Gasteiger partial charge is 0.494 e. The van der Waals surface area contributed by atoms with E-state index in [-0.39, 0.29) is 5.91 Å². The van der Waals surface area contributed by atoms with Crippen LogP contribution in [0.2, 0.25) is 0 Å². The van der Waals surface area contributed by atoms with Gasteiger partial charge in [0.05, 0.1) is 25.4 Å². The minimum Gasteiger partial charge on any atom is -0.494 e. The van der Waals surface area contributed by atoms with E-state index in [0.717, 1.165) is 32.0 Å². The molecule has 1 saturated heterocycles. The van der Waals surface area contributed by atoms with Gasteiger partial charge in [0.1, 0.15) is 5.75 Å². The summed E-state index contributed by atoms with van der Waals surface area (Å²) in [6.07, 6.45) is -0.923. The third-order valence-corrected chi connectivity index (χ3v) is 4.57. The number of carbonyl (C=O) groups excluding carboxylic acids is 2. The highest BCUT2D eigenvalue weighted by Gasteiger charge is 2.19. The van der Waals surface area contributed by atoms with Crippen molar-refractivity contribution in [2.75, 3.05) is 43.1 Å². The van der Waals surface area contributed by atoms with Crippen LogP contribution in [0.1, 0.15) is 24.2 Å². The minimum atomic E-state index is -0.923. The first kappa shape index (κ1) is 20.7. The van der Waals surface area contributed by atoms with Gasteiger partial charge in [-0.25, -0.2) is 4.79 Å². The van der Waals surface area contributed by atoms with E-state index in [4.69, 9.17) is 14.2 Å². The molecular weight excluding hydrogens is 372 g/mol. The van der Waals surface area contributed by atoms with E-state index in [1.54, 1.807) is 31.2 Å². The Labute approximate surface area is 170 Å². The zero-order chi connectivity index (χ0) is 20.6. The second-order valence-electron chi connectivity index (χ2n) is 6.64. The standard InChI is InChI=1S/C22H26N2O5/c1-3-28-20-10-4-17(5-11-20)22(26)29-16(2)21(25)23-18-6-8-19(9-7-18)24-12-14-27-15-13-24/h4-11,16H,3,12-15H2,1-2H3,(H,23,25). The van der Waals surface area contributed by atoms with Crippen molar-refractivity contribution in [3.8, 4) is 5.75 Å². The number of nitrogens with zero attached hydrogens (tertiary/aromatic N) is 1. The molecular formula is C22H26N2O5. The quantitative estimate of drug-likeness (QED) is 0.722. The van der Waals surface area contributed by atoms with Gasteiger partial charge in [0, 0.05) is 24.5 Å². The van der Waals surface area contributed by atoms with Crippen molar-refractivity contribution in [3.63, 3.8) is 0 Å². The van der Waals surface area contributed by atoms with Gasteiger partial charge in [0.25, 0.3) is 5.91 Å². The first-order chi connectivity index (χ1) is 14.1. The van der Waals surface area contributed by atoms with E-state index in [1.807, 2.05) is 31.2 Å². The fourth-order valence-corrected chi connectivity index (χ4v) is 2.96. The second-order valence-corrected chi connectivity index (χ2v) is 6.64. The molecule has 29 heavy (non-hydrogen) atoms. The molecule has 3 rings (SSSR count). The van der Waals surface area contributed by atoms with Crippen molar-refractivity contribution in [3.05, 3.63) is 54.1 Å². The lowest BCUT2D eigenvalue weighted by atomic mass is 10.2. The van der Waals surface area contributed by atoms with Gasteiger partial charge in [0.15, 0.2) is 6.10 Å². The monoisotopic (exact) mass is 398 g/mol. The summed E-state index contributed by atoms with van der Waals surface area (Å²) in [5, 5.41) is 2.78. The van der Waals surface area contributed by atoms with Gasteiger partial charge in [-0.2, -0.15) is 0 Å². The highest BCUT2D eigenvalue weighted by Crippen LogP contribution is 2.19. The molecule has 1 atom stereocenters. The molecule has 1 heterocycles. The van der Waals surface area contributed by atoms with E-state index in [9.17, 15) is 9.59 Å². The molecule has 1 aliphatic heterocycles. The fourth-order valence-electron chi connectivity index (χ4n) is 2.96. The van der Waals surface area contributed by atoms with Gasteiger partial charge < -0.3 is 24.4 Å². The SMILES string of the molecule is CCOc1ccc(C(=O)OC(C)C(=O)Nc2ccc(N3CCOCC3)cc2)cc1. The Morgan fingerprint density at radius 1 is 1.07 bits per heavy atom. The molecule has 7 nitrogen and oxygen atoms in total. The maximum Gasteiger partial charge on any atom is 0.338 e. The summed E-state index contributed by atoms with van der Waals surface area (Å²) in [6.45, 7) is 7.12. The lowest BCUT2D eigenvalue weighted by Crippen LogP contribution is -2.36. The number of ether oxygens (including phenoxy) is 3. The van der Waals surface area contributed by atoms with Crippen LogP contribution in [0.15, 0.2) is 48.5 Å². The number of rotatable bonds is 7. The molecule has 0 bridgehead atoms. The molecule has 1 N–H and O–H groups in total. The van der Waals surface area contributed by atoms with Crippen molar-refractivity contribution < 1.29 is 23.8 Å². The summed E-state index contributed by atoms with van der Waals surface area (Å²) in [6, 6.07) is 14.2. The number of carbonyl (C=O) groups is 2. The highest BCUT2D eigenvalue weighted by atomic mass is 16.5. The van der Waals surface area contributed by atoms with Crippen molar-refractivity contribution in [1.29, 1.82) is 0 Å². The van der Waals surface area contributed by atoms with E-state index in [2.05, 4.69) is 10.2 Å². The minimum absolute atomic E-state index is 0.364. The lowest BCUT2D eigenvalue weighted by Gasteiger charge is -2.28. The van der Waals surface area contributed by atoms with E-state index >= 15 is 0 Å². The zero-order valence-corrected chi connectivity index (χ0v) is 16.7. The topological polar surface area (TPSA) is 77.1 Å². The third kappa shape index (κ3) is 5.71. The summed E-state index contributed by atoms with van der Waals surface area (Å²) in [4.78, 5) is 26.8. The van der Waals surface area contributed by atoms with Crippen molar-refractivity contribution >= 4 is 23.3 Å². The van der Waals surface area contributed by atoms with E-state index in [0.29, 0.717) is 23.6 Å². The summed E-state index contributed by atoms with van der Waals surface area (Å²) >= 11 is 0. The number of nitrogens with one attached hydrogen (secondary N) is 1. The maximum atomic E-state index is 12.4. The van der Waals surface area contributed by atoms with Crippen LogP contribution in [0.25, 0.3) is 0 Å². The molecule has 154 valence electrons. The Morgan fingerprint density at radius 3 is 2.34 bits per heavy atom.